The van der Waals surface area contributed by atoms with Gasteiger partial charge in [-0.2, -0.15) is 5.09 Å². The van der Waals surface area contributed by atoms with Crippen molar-refractivity contribution in [3.05, 3.63) is 74.8 Å². The van der Waals surface area contributed by atoms with Gasteiger partial charge >= 0.3 is 19.4 Å². The Morgan fingerprint density at radius 3 is 2.82 bits per heavy atom. The highest BCUT2D eigenvalue weighted by Gasteiger charge is 2.34. The van der Waals surface area contributed by atoms with Crippen molar-refractivity contribution in [1.82, 2.24) is 14.6 Å². The van der Waals surface area contributed by atoms with E-state index in [4.69, 9.17) is 13.8 Å². The number of aromatic nitrogens is 2. The molecule has 0 radical (unpaired) electrons. The van der Waals surface area contributed by atoms with Gasteiger partial charge < -0.3 is 14.0 Å². The highest BCUT2D eigenvalue weighted by molar-refractivity contribution is 7.52. The zero-order chi connectivity index (χ0) is 24.2. The van der Waals surface area contributed by atoms with Gasteiger partial charge in [0.15, 0.2) is 6.23 Å². The second-order valence-electron chi connectivity index (χ2n) is 7.14. The Kier molecular flexibility index (Phi) is 7.65. The van der Waals surface area contributed by atoms with Crippen molar-refractivity contribution in [2.75, 3.05) is 13.7 Å². The molecule has 4 atom stereocenters. The van der Waals surface area contributed by atoms with Gasteiger partial charge in [0, 0.05) is 17.8 Å². The summed E-state index contributed by atoms with van der Waals surface area (Å²) in [5.74, 6) is -1.42. The summed E-state index contributed by atoms with van der Waals surface area (Å²) in [6.45, 7) is 2.64. The first-order valence-electron chi connectivity index (χ1n) is 9.81. The number of benzene rings is 1. The average molecular weight is 483 g/mol. The Morgan fingerprint density at radius 1 is 1.36 bits per heavy atom. The van der Waals surface area contributed by atoms with Gasteiger partial charge in [0.2, 0.25) is 0 Å². The van der Waals surface area contributed by atoms with E-state index in [1.165, 1.54) is 35.9 Å². The standard InChI is InChI=1S/C20H23FN3O8P/c1-12-10-24(20(27)22-18(12)25)17-8-7-16(31-17)11-30-33(28,23-13(2)19(26)29-3)32-15-6-4-5-14(21)9-15/h4-10,13,16-17H,11H2,1-3H3,(H,23,28)(H,22,25,27)/t13-,16-,17+,33?/m0/s1. The van der Waals surface area contributed by atoms with E-state index in [0.717, 1.165) is 13.2 Å². The number of carbonyl (C=O) groups excluding carboxylic acids is 1. The van der Waals surface area contributed by atoms with Gasteiger partial charge in [0.25, 0.3) is 5.56 Å². The summed E-state index contributed by atoms with van der Waals surface area (Å²) in [5.41, 5.74) is -0.838. The maximum absolute atomic E-state index is 13.5. The zero-order valence-electron chi connectivity index (χ0n) is 18.0. The van der Waals surface area contributed by atoms with Crippen LogP contribution in [0.3, 0.4) is 0 Å². The Hall–Kier alpha value is -3.05. The molecule has 0 fully saturated rings. The predicted molar refractivity (Wildman–Crippen MR) is 114 cm³/mol. The molecule has 0 spiro atoms. The molecule has 13 heteroatoms. The number of carbonyl (C=O) groups is 1. The molecule has 1 aromatic carbocycles. The van der Waals surface area contributed by atoms with Crippen LogP contribution in [0.15, 0.2) is 52.2 Å². The maximum Gasteiger partial charge on any atom is 0.459 e. The second kappa shape index (κ2) is 10.3. The van der Waals surface area contributed by atoms with Crippen molar-refractivity contribution in [1.29, 1.82) is 0 Å². The molecule has 1 aromatic heterocycles. The summed E-state index contributed by atoms with van der Waals surface area (Å²) in [5, 5.41) is 2.44. The summed E-state index contributed by atoms with van der Waals surface area (Å²) in [6, 6.07) is 3.85. The molecule has 1 unspecified atom stereocenters. The Morgan fingerprint density at radius 2 is 2.12 bits per heavy atom. The average Bonchev–Trinajstić information content (AvgIpc) is 3.23. The molecular formula is C20H23FN3O8P. The van der Waals surface area contributed by atoms with Crippen LogP contribution in [0.25, 0.3) is 0 Å². The fourth-order valence-corrected chi connectivity index (χ4v) is 4.40. The maximum atomic E-state index is 13.5. The number of aromatic amines is 1. The molecular weight excluding hydrogens is 460 g/mol. The van der Waals surface area contributed by atoms with Crippen LogP contribution in [-0.4, -0.2) is 41.4 Å². The summed E-state index contributed by atoms with van der Waals surface area (Å²) >= 11 is 0. The van der Waals surface area contributed by atoms with Crippen LogP contribution in [0.2, 0.25) is 0 Å². The third-order valence-corrected chi connectivity index (χ3v) is 6.21. The molecule has 0 bridgehead atoms. The highest BCUT2D eigenvalue weighted by atomic mass is 31.2. The van der Waals surface area contributed by atoms with E-state index in [9.17, 15) is 23.3 Å². The molecule has 0 saturated carbocycles. The smallest absolute Gasteiger partial charge is 0.459 e. The fraction of sp³-hybridized carbons (Fsp3) is 0.350. The van der Waals surface area contributed by atoms with Gasteiger partial charge in [0.05, 0.1) is 13.7 Å². The van der Waals surface area contributed by atoms with Crippen LogP contribution in [0.5, 0.6) is 5.75 Å². The molecule has 1 aliphatic rings. The minimum Gasteiger partial charge on any atom is -0.468 e. The van der Waals surface area contributed by atoms with Crippen molar-refractivity contribution in [2.45, 2.75) is 32.2 Å². The number of ether oxygens (including phenoxy) is 2. The first-order chi connectivity index (χ1) is 15.6. The predicted octanol–water partition coefficient (Wildman–Crippen LogP) is 1.79. The van der Waals surface area contributed by atoms with Crippen LogP contribution in [0.1, 0.15) is 18.7 Å². The minimum atomic E-state index is -4.20. The lowest BCUT2D eigenvalue weighted by Gasteiger charge is -2.24. The van der Waals surface area contributed by atoms with Crippen LogP contribution in [0.4, 0.5) is 4.39 Å². The largest absolute Gasteiger partial charge is 0.468 e. The van der Waals surface area contributed by atoms with Crippen LogP contribution >= 0.6 is 7.75 Å². The van der Waals surface area contributed by atoms with E-state index in [1.54, 1.807) is 19.1 Å². The highest BCUT2D eigenvalue weighted by Crippen LogP contribution is 2.45. The fourth-order valence-electron chi connectivity index (χ4n) is 2.91. The third kappa shape index (κ3) is 6.26. The number of hydrogen-bond acceptors (Lipinski definition) is 8. The number of nitrogens with zero attached hydrogens (tertiary/aromatic N) is 1. The molecule has 0 saturated heterocycles. The summed E-state index contributed by atoms with van der Waals surface area (Å²) in [6.07, 6.45) is 2.93. The number of rotatable bonds is 9. The monoisotopic (exact) mass is 483 g/mol. The lowest BCUT2D eigenvalue weighted by atomic mass is 10.3. The number of aryl methyl sites for hydroxylation is 1. The molecule has 33 heavy (non-hydrogen) atoms. The Labute approximate surface area is 187 Å². The molecule has 1 aliphatic heterocycles. The number of nitrogens with one attached hydrogen (secondary N) is 2. The minimum absolute atomic E-state index is 0.0843. The van der Waals surface area contributed by atoms with E-state index in [2.05, 4.69) is 14.8 Å². The van der Waals surface area contributed by atoms with Gasteiger partial charge in [-0.1, -0.05) is 12.1 Å². The van der Waals surface area contributed by atoms with Crippen molar-refractivity contribution < 1.29 is 32.3 Å². The van der Waals surface area contributed by atoms with Crippen molar-refractivity contribution in [3.63, 3.8) is 0 Å². The van der Waals surface area contributed by atoms with E-state index in [1.807, 2.05) is 0 Å². The molecule has 2 N–H and O–H groups in total. The van der Waals surface area contributed by atoms with Gasteiger partial charge in [0.1, 0.15) is 23.7 Å². The first-order valence-corrected chi connectivity index (χ1v) is 11.4. The second-order valence-corrected chi connectivity index (χ2v) is 8.84. The normalized spacial score (nSPS) is 20.2. The van der Waals surface area contributed by atoms with Crippen molar-refractivity contribution in [2.24, 2.45) is 0 Å². The Balaban J connectivity index is 1.71. The number of esters is 1. The SMILES string of the molecule is COC(=O)[C@H](C)NP(=O)(OC[C@@H]1C=C[C@H](n2cc(C)c(=O)[nH]c2=O)O1)Oc1cccc(F)c1. The number of methoxy groups -OCH3 is 1. The van der Waals surface area contributed by atoms with Crippen LogP contribution in [-0.2, 0) is 23.4 Å². The topological polar surface area (TPSA) is 138 Å². The summed E-state index contributed by atoms with van der Waals surface area (Å²) < 4.78 is 49.2. The molecule has 2 aromatic rings. The van der Waals surface area contributed by atoms with Crippen molar-refractivity contribution in [3.8, 4) is 5.75 Å². The quantitative estimate of drug-likeness (QED) is 0.311. The number of H-pyrrole nitrogens is 1. The number of halogens is 1. The molecule has 0 aliphatic carbocycles. The van der Waals surface area contributed by atoms with Gasteiger partial charge in [-0.3, -0.25) is 23.7 Å². The molecule has 11 nitrogen and oxygen atoms in total. The van der Waals surface area contributed by atoms with E-state index in [-0.39, 0.29) is 12.4 Å². The summed E-state index contributed by atoms with van der Waals surface area (Å²) in [4.78, 5) is 37.6. The van der Waals surface area contributed by atoms with Crippen LogP contribution in [0, 0.1) is 12.7 Å². The molecule has 178 valence electrons. The summed E-state index contributed by atoms with van der Waals surface area (Å²) in [7, 11) is -3.04. The Bertz CT molecular complexity index is 1210. The van der Waals surface area contributed by atoms with E-state index < -0.39 is 49.2 Å². The molecule has 2 heterocycles. The van der Waals surface area contributed by atoms with Gasteiger partial charge in [-0.25, -0.2) is 13.8 Å². The lowest BCUT2D eigenvalue weighted by molar-refractivity contribution is -0.142. The first kappa shape index (κ1) is 24.6. The van der Waals surface area contributed by atoms with Crippen LogP contribution < -0.4 is 20.9 Å². The van der Waals surface area contributed by atoms with Crippen molar-refractivity contribution >= 4 is 13.7 Å². The van der Waals surface area contributed by atoms with E-state index >= 15 is 0 Å². The van der Waals surface area contributed by atoms with Gasteiger partial charge in [-0.05, 0) is 32.1 Å². The zero-order valence-corrected chi connectivity index (χ0v) is 18.9. The molecule has 0 amide bonds. The molecule has 3 rings (SSSR count). The van der Waals surface area contributed by atoms with Gasteiger partial charge in [-0.15, -0.1) is 0 Å². The lowest BCUT2D eigenvalue weighted by Crippen LogP contribution is -2.35. The van der Waals surface area contributed by atoms with E-state index in [0.29, 0.717) is 5.56 Å². The number of hydrogen-bond donors (Lipinski definition) is 2. The third-order valence-electron chi connectivity index (χ3n) is 4.56.